The highest BCUT2D eigenvalue weighted by Crippen LogP contribution is 2.56. The number of pyridine rings is 1. The van der Waals surface area contributed by atoms with Crippen LogP contribution in [0.5, 0.6) is 0 Å². The van der Waals surface area contributed by atoms with Gasteiger partial charge in [-0.3, -0.25) is 0 Å². The second-order valence-electron chi connectivity index (χ2n) is 9.10. The number of benzene rings is 1. The van der Waals surface area contributed by atoms with Gasteiger partial charge in [0, 0.05) is 22.9 Å². The van der Waals surface area contributed by atoms with Gasteiger partial charge >= 0.3 is 0 Å². The Kier molecular flexibility index (Phi) is 4.14. The van der Waals surface area contributed by atoms with Gasteiger partial charge < -0.3 is 16.4 Å². The molecule has 0 amide bonds. The molecule has 29 heavy (non-hydrogen) atoms. The summed E-state index contributed by atoms with van der Waals surface area (Å²) < 4.78 is 0. The van der Waals surface area contributed by atoms with Crippen LogP contribution in [-0.4, -0.2) is 10.5 Å². The number of nitrogens with one attached hydrogen (secondary N) is 2. The Morgan fingerprint density at radius 3 is 2.24 bits per heavy atom. The van der Waals surface area contributed by atoms with E-state index in [0.717, 1.165) is 29.0 Å². The summed E-state index contributed by atoms with van der Waals surface area (Å²) in [5.41, 5.74) is 8.88. The van der Waals surface area contributed by atoms with Crippen molar-refractivity contribution >= 4 is 23.0 Å². The van der Waals surface area contributed by atoms with Gasteiger partial charge in [-0.2, -0.15) is 5.26 Å². The molecule has 5 heteroatoms. The predicted octanol–water partition coefficient (Wildman–Crippen LogP) is 4.64. The van der Waals surface area contributed by atoms with Crippen LogP contribution < -0.4 is 16.4 Å². The SMILES string of the molecule is C#Cc1ccc(Nc2cc(N)c(C#N)c(NC34CC5CC(CC(C5)C3)C4)n2)cc1. The maximum absolute atomic E-state index is 9.70. The van der Waals surface area contributed by atoms with Crippen LogP contribution in [0.4, 0.5) is 23.0 Å². The molecule has 146 valence electrons. The van der Waals surface area contributed by atoms with E-state index in [1.54, 1.807) is 6.07 Å². The first kappa shape index (κ1) is 17.9. The fourth-order valence-electron chi connectivity index (χ4n) is 6.15. The van der Waals surface area contributed by atoms with Crippen molar-refractivity contribution in [2.75, 3.05) is 16.4 Å². The van der Waals surface area contributed by atoms with E-state index in [0.29, 0.717) is 22.9 Å². The molecule has 4 aliphatic carbocycles. The molecule has 4 bridgehead atoms. The normalized spacial score (nSPS) is 29.1. The highest BCUT2D eigenvalue weighted by Gasteiger charge is 2.51. The molecule has 4 aliphatic rings. The van der Waals surface area contributed by atoms with Crippen LogP contribution in [0.2, 0.25) is 0 Å². The molecule has 1 aromatic heterocycles. The second kappa shape index (κ2) is 6.71. The van der Waals surface area contributed by atoms with Crippen molar-refractivity contribution < 1.29 is 0 Å². The van der Waals surface area contributed by atoms with Crippen molar-refractivity contribution in [3.63, 3.8) is 0 Å². The van der Waals surface area contributed by atoms with Gasteiger partial charge in [0.2, 0.25) is 0 Å². The number of terminal acetylenes is 1. The van der Waals surface area contributed by atoms with Crippen molar-refractivity contribution in [2.45, 2.75) is 44.1 Å². The fraction of sp³-hybridized carbons (Fsp3) is 0.417. The van der Waals surface area contributed by atoms with E-state index >= 15 is 0 Å². The zero-order valence-electron chi connectivity index (χ0n) is 16.4. The minimum atomic E-state index is 0.0624. The quantitative estimate of drug-likeness (QED) is 0.670. The largest absolute Gasteiger partial charge is 0.397 e. The number of anilines is 4. The number of aromatic nitrogens is 1. The third-order valence-electron chi connectivity index (χ3n) is 6.91. The number of nitrogen functional groups attached to an aromatic ring is 1. The van der Waals surface area contributed by atoms with E-state index in [1.165, 1.54) is 38.5 Å². The zero-order chi connectivity index (χ0) is 20.0. The van der Waals surface area contributed by atoms with Gasteiger partial charge in [0.25, 0.3) is 0 Å². The Hall–Kier alpha value is -3.18. The lowest BCUT2D eigenvalue weighted by Gasteiger charge is -2.57. The number of rotatable bonds is 4. The van der Waals surface area contributed by atoms with E-state index in [1.807, 2.05) is 24.3 Å². The maximum atomic E-state index is 9.70. The van der Waals surface area contributed by atoms with Crippen LogP contribution in [0.3, 0.4) is 0 Å². The van der Waals surface area contributed by atoms with E-state index in [2.05, 4.69) is 22.6 Å². The summed E-state index contributed by atoms with van der Waals surface area (Å²) in [6.07, 6.45) is 13.1. The molecule has 2 aromatic rings. The van der Waals surface area contributed by atoms with Gasteiger partial charge in [-0.15, -0.1) is 6.42 Å². The van der Waals surface area contributed by atoms with Crippen LogP contribution >= 0.6 is 0 Å². The Balaban J connectivity index is 1.44. The highest BCUT2D eigenvalue weighted by atomic mass is 15.1. The first-order valence-corrected chi connectivity index (χ1v) is 10.4. The van der Waals surface area contributed by atoms with Crippen LogP contribution in [0.1, 0.15) is 49.7 Å². The van der Waals surface area contributed by atoms with Gasteiger partial charge in [-0.05, 0) is 80.5 Å². The zero-order valence-corrected chi connectivity index (χ0v) is 16.4. The third kappa shape index (κ3) is 3.28. The molecule has 4 N–H and O–H groups in total. The molecular formula is C24H25N5. The minimum absolute atomic E-state index is 0.0624. The van der Waals surface area contributed by atoms with Crippen molar-refractivity contribution in [3.8, 4) is 18.4 Å². The smallest absolute Gasteiger partial charge is 0.148 e. The standard InChI is InChI=1S/C24H25N5/c1-2-15-3-5-19(6-4-15)27-22-10-21(26)20(14-25)23(28-22)29-24-11-16-7-17(12-24)9-18(8-16)13-24/h1,3-6,10,16-18H,7-9,11-13H2,(H4,26,27,28,29). The van der Waals surface area contributed by atoms with Crippen molar-refractivity contribution in [2.24, 2.45) is 17.8 Å². The number of hydrogen-bond acceptors (Lipinski definition) is 5. The lowest BCUT2D eigenvalue weighted by Crippen LogP contribution is -2.55. The molecule has 1 aromatic carbocycles. The monoisotopic (exact) mass is 383 g/mol. The molecule has 0 aliphatic heterocycles. The summed E-state index contributed by atoms with van der Waals surface area (Å²) in [6, 6.07) is 11.6. The predicted molar refractivity (Wildman–Crippen MR) is 116 cm³/mol. The Bertz CT molecular complexity index is 990. The first-order valence-electron chi connectivity index (χ1n) is 10.4. The number of nitrogens with two attached hydrogens (primary N) is 1. The Labute approximate surface area is 171 Å². The number of hydrogen-bond donors (Lipinski definition) is 3. The van der Waals surface area contributed by atoms with Crippen molar-refractivity contribution in [3.05, 3.63) is 41.5 Å². The molecule has 0 atom stereocenters. The molecule has 1 heterocycles. The second-order valence-corrected chi connectivity index (χ2v) is 9.10. The lowest BCUT2D eigenvalue weighted by atomic mass is 9.53. The van der Waals surface area contributed by atoms with E-state index < -0.39 is 0 Å². The first-order chi connectivity index (χ1) is 14.1. The number of nitrogens with zero attached hydrogens (tertiary/aromatic N) is 2. The molecule has 6 rings (SSSR count). The summed E-state index contributed by atoms with van der Waals surface area (Å²) in [4.78, 5) is 4.75. The lowest BCUT2D eigenvalue weighted by molar-refractivity contribution is 0.0105. The van der Waals surface area contributed by atoms with Crippen LogP contribution in [-0.2, 0) is 0 Å². The van der Waals surface area contributed by atoms with Crippen LogP contribution in [0.15, 0.2) is 30.3 Å². The average molecular weight is 383 g/mol. The molecule has 4 saturated carbocycles. The van der Waals surface area contributed by atoms with Crippen LogP contribution in [0, 0.1) is 41.4 Å². The summed E-state index contributed by atoms with van der Waals surface area (Å²) in [7, 11) is 0. The van der Waals surface area contributed by atoms with Gasteiger partial charge in [0.1, 0.15) is 23.3 Å². The molecule has 0 spiro atoms. The number of nitriles is 1. The molecular weight excluding hydrogens is 358 g/mol. The van der Waals surface area contributed by atoms with Gasteiger partial charge in [0.05, 0.1) is 5.69 Å². The third-order valence-corrected chi connectivity index (χ3v) is 6.91. The molecule has 5 nitrogen and oxygen atoms in total. The topological polar surface area (TPSA) is 86.8 Å². The van der Waals surface area contributed by atoms with Gasteiger partial charge in [-0.1, -0.05) is 5.92 Å². The van der Waals surface area contributed by atoms with E-state index in [4.69, 9.17) is 17.1 Å². The summed E-state index contributed by atoms with van der Waals surface area (Å²) in [6.45, 7) is 0. The molecule has 4 fully saturated rings. The van der Waals surface area contributed by atoms with E-state index in [-0.39, 0.29) is 5.54 Å². The highest BCUT2D eigenvalue weighted by molar-refractivity contribution is 5.73. The summed E-state index contributed by atoms with van der Waals surface area (Å²) in [5.74, 6) is 6.29. The minimum Gasteiger partial charge on any atom is -0.397 e. The van der Waals surface area contributed by atoms with Crippen molar-refractivity contribution in [1.29, 1.82) is 5.26 Å². The average Bonchev–Trinajstić information content (AvgIpc) is 2.67. The van der Waals surface area contributed by atoms with Crippen LogP contribution in [0.25, 0.3) is 0 Å². The Morgan fingerprint density at radius 1 is 1.07 bits per heavy atom. The van der Waals surface area contributed by atoms with Crippen molar-refractivity contribution in [1.82, 2.24) is 4.98 Å². The molecule has 0 saturated heterocycles. The van der Waals surface area contributed by atoms with Gasteiger partial charge in [0.15, 0.2) is 0 Å². The van der Waals surface area contributed by atoms with Gasteiger partial charge in [-0.25, -0.2) is 4.98 Å². The maximum Gasteiger partial charge on any atom is 0.148 e. The Morgan fingerprint density at radius 2 is 1.69 bits per heavy atom. The molecule has 0 radical (unpaired) electrons. The molecule has 0 unspecified atom stereocenters. The van der Waals surface area contributed by atoms with E-state index in [9.17, 15) is 5.26 Å². The summed E-state index contributed by atoms with van der Waals surface area (Å²) in [5, 5.41) is 16.7. The fourth-order valence-corrected chi connectivity index (χ4v) is 6.15. The summed E-state index contributed by atoms with van der Waals surface area (Å²) >= 11 is 0.